The molecule has 1 aromatic rings. The van der Waals surface area contributed by atoms with Crippen LogP contribution in [0.4, 0.5) is 5.69 Å². The molecular formula is C16H24N2O2. The maximum atomic E-state index is 12.1. The van der Waals surface area contributed by atoms with Crippen LogP contribution in [0, 0.1) is 0 Å². The topological polar surface area (TPSA) is 55.6 Å². The van der Waals surface area contributed by atoms with Crippen LogP contribution in [0.1, 0.15) is 37.8 Å². The number of fused-ring (bicyclic) bond motifs is 1. The first-order valence-electron chi connectivity index (χ1n) is 7.44. The van der Waals surface area contributed by atoms with Crippen LogP contribution in [0.15, 0.2) is 18.2 Å². The van der Waals surface area contributed by atoms with Gasteiger partial charge in [-0.1, -0.05) is 25.5 Å². The molecule has 0 bridgehead atoms. The second-order valence-electron chi connectivity index (χ2n) is 5.26. The summed E-state index contributed by atoms with van der Waals surface area (Å²) in [6.07, 6.45) is 2.75. The van der Waals surface area contributed by atoms with Gasteiger partial charge in [-0.05, 0) is 37.0 Å². The molecule has 0 aromatic heterocycles. The highest BCUT2D eigenvalue weighted by Gasteiger charge is 2.29. The average molecular weight is 276 g/mol. The predicted octanol–water partition coefficient (Wildman–Crippen LogP) is 2.36. The molecule has 0 saturated heterocycles. The zero-order chi connectivity index (χ0) is 14.5. The first-order valence-corrected chi connectivity index (χ1v) is 7.44. The van der Waals surface area contributed by atoms with Crippen LogP contribution in [-0.4, -0.2) is 30.1 Å². The number of nitrogens with two attached hydrogens (primary N) is 1. The summed E-state index contributed by atoms with van der Waals surface area (Å²) in [5, 5.41) is 0. The molecule has 1 aromatic carbocycles. The van der Waals surface area contributed by atoms with E-state index in [4.69, 9.17) is 10.5 Å². The minimum atomic E-state index is -0.146. The molecule has 0 saturated carbocycles. The second-order valence-corrected chi connectivity index (χ2v) is 5.26. The lowest BCUT2D eigenvalue weighted by atomic mass is 9.96. The van der Waals surface area contributed by atoms with Gasteiger partial charge in [-0.15, -0.1) is 0 Å². The van der Waals surface area contributed by atoms with Gasteiger partial charge in [-0.3, -0.25) is 9.69 Å². The Kier molecular flexibility index (Phi) is 5.01. The normalized spacial score (nSPS) is 16.5. The summed E-state index contributed by atoms with van der Waals surface area (Å²) in [7, 11) is 0. The monoisotopic (exact) mass is 276 g/mol. The van der Waals surface area contributed by atoms with Crippen molar-refractivity contribution in [3.8, 4) is 0 Å². The molecule has 1 aliphatic heterocycles. The highest BCUT2D eigenvalue weighted by atomic mass is 16.5. The van der Waals surface area contributed by atoms with Crippen molar-refractivity contribution < 1.29 is 9.53 Å². The Balaban J connectivity index is 2.16. The molecule has 20 heavy (non-hydrogen) atoms. The Morgan fingerprint density at radius 2 is 2.25 bits per heavy atom. The summed E-state index contributed by atoms with van der Waals surface area (Å²) in [5.74, 6) is -0.104. The van der Waals surface area contributed by atoms with E-state index in [9.17, 15) is 4.79 Å². The molecule has 4 heteroatoms. The molecule has 110 valence electrons. The third-order valence-corrected chi connectivity index (χ3v) is 3.90. The van der Waals surface area contributed by atoms with E-state index in [-0.39, 0.29) is 12.0 Å². The fraction of sp³-hybridized carbons (Fsp3) is 0.562. The van der Waals surface area contributed by atoms with E-state index >= 15 is 0 Å². The molecular weight excluding hydrogens is 252 g/mol. The molecule has 0 fully saturated rings. The van der Waals surface area contributed by atoms with Crippen LogP contribution >= 0.6 is 0 Å². The van der Waals surface area contributed by atoms with Crippen molar-refractivity contribution >= 4 is 11.7 Å². The third-order valence-electron chi connectivity index (χ3n) is 3.90. The number of esters is 1. The summed E-state index contributed by atoms with van der Waals surface area (Å²) in [4.78, 5) is 14.3. The molecule has 2 rings (SSSR count). The molecule has 0 aliphatic carbocycles. The molecule has 1 aliphatic rings. The molecule has 4 nitrogen and oxygen atoms in total. The number of benzene rings is 1. The van der Waals surface area contributed by atoms with E-state index in [2.05, 4.69) is 17.9 Å². The van der Waals surface area contributed by atoms with E-state index in [0.29, 0.717) is 6.61 Å². The van der Waals surface area contributed by atoms with Crippen LogP contribution in [0.2, 0.25) is 0 Å². The van der Waals surface area contributed by atoms with Crippen molar-refractivity contribution in [1.29, 1.82) is 0 Å². The molecule has 1 atom stereocenters. The smallest absolute Gasteiger partial charge is 0.323 e. The molecule has 0 amide bonds. The van der Waals surface area contributed by atoms with Crippen LogP contribution in [0.3, 0.4) is 0 Å². The van der Waals surface area contributed by atoms with Crippen LogP contribution in [-0.2, 0) is 22.5 Å². The van der Waals surface area contributed by atoms with E-state index < -0.39 is 0 Å². The number of ether oxygens (including phenoxy) is 1. The van der Waals surface area contributed by atoms with Gasteiger partial charge in [-0.2, -0.15) is 0 Å². The van der Waals surface area contributed by atoms with Crippen molar-refractivity contribution in [2.45, 2.75) is 45.7 Å². The van der Waals surface area contributed by atoms with Crippen molar-refractivity contribution in [3.63, 3.8) is 0 Å². The van der Waals surface area contributed by atoms with Gasteiger partial charge in [0.2, 0.25) is 0 Å². The van der Waals surface area contributed by atoms with E-state index in [0.717, 1.165) is 38.0 Å². The molecule has 0 radical (unpaired) electrons. The minimum Gasteiger partial charge on any atom is -0.465 e. The standard InChI is InChI=1S/C16H24N2O2/c1-3-6-15(16(19)20-4-2)18-10-9-12-7-5-8-14(17)13(12)11-18/h5,7-8,15H,3-4,6,9-11,17H2,1-2H3. The van der Waals surface area contributed by atoms with Gasteiger partial charge in [0.25, 0.3) is 0 Å². The van der Waals surface area contributed by atoms with Gasteiger partial charge in [-0.25, -0.2) is 0 Å². The number of carbonyl (C=O) groups is 1. The van der Waals surface area contributed by atoms with E-state index in [1.165, 1.54) is 11.1 Å². The van der Waals surface area contributed by atoms with Crippen molar-refractivity contribution in [2.24, 2.45) is 0 Å². The van der Waals surface area contributed by atoms with E-state index in [1.54, 1.807) is 0 Å². The van der Waals surface area contributed by atoms with Crippen molar-refractivity contribution in [2.75, 3.05) is 18.9 Å². The lowest BCUT2D eigenvalue weighted by Crippen LogP contribution is -2.45. The van der Waals surface area contributed by atoms with Gasteiger partial charge < -0.3 is 10.5 Å². The minimum absolute atomic E-state index is 0.104. The molecule has 0 spiro atoms. The number of carbonyl (C=O) groups excluding carboxylic acids is 1. The fourth-order valence-corrected chi connectivity index (χ4v) is 2.86. The number of rotatable bonds is 5. The number of nitrogen functional groups attached to an aromatic ring is 1. The zero-order valence-electron chi connectivity index (χ0n) is 12.4. The van der Waals surface area contributed by atoms with Gasteiger partial charge in [0.05, 0.1) is 6.61 Å². The number of hydrogen-bond donors (Lipinski definition) is 1. The maximum Gasteiger partial charge on any atom is 0.323 e. The van der Waals surface area contributed by atoms with E-state index in [1.807, 2.05) is 19.1 Å². The Morgan fingerprint density at radius 3 is 2.95 bits per heavy atom. The highest BCUT2D eigenvalue weighted by molar-refractivity contribution is 5.75. The summed E-state index contributed by atoms with van der Waals surface area (Å²) >= 11 is 0. The van der Waals surface area contributed by atoms with Crippen molar-refractivity contribution in [1.82, 2.24) is 4.90 Å². The van der Waals surface area contributed by atoms with Crippen LogP contribution < -0.4 is 5.73 Å². The average Bonchev–Trinajstić information content (AvgIpc) is 2.45. The van der Waals surface area contributed by atoms with Gasteiger partial charge in [0.1, 0.15) is 6.04 Å². The summed E-state index contributed by atoms with van der Waals surface area (Å²) in [6.45, 7) is 6.01. The lowest BCUT2D eigenvalue weighted by Gasteiger charge is -2.34. The number of hydrogen-bond acceptors (Lipinski definition) is 4. The fourth-order valence-electron chi connectivity index (χ4n) is 2.86. The quantitative estimate of drug-likeness (QED) is 0.662. The zero-order valence-corrected chi connectivity index (χ0v) is 12.4. The first-order chi connectivity index (χ1) is 9.67. The Bertz CT molecular complexity index is 474. The van der Waals surface area contributed by atoms with Gasteiger partial charge >= 0.3 is 5.97 Å². The van der Waals surface area contributed by atoms with Gasteiger partial charge in [0.15, 0.2) is 0 Å². The van der Waals surface area contributed by atoms with Crippen molar-refractivity contribution in [3.05, 3.63) is 29.3 Å². The maximum absolute atomic E-state index is 12.1. The third kappa shape index (κ3) is 3.12. The lowest BCUT2D eigenvalue weighted by molar-refractivity contribution is -0.150. The van der Waals surface area contributed by atoms with Gasteiger partial charge in [0, 0.05) is 18.8 Å². The predicted molar refractivity (Wildman–Crippen MR) is 80.3 cm³/mol. The summed E-state index contributed by atoms with van der Waals surface area (Å²) in [6, 6.07) is 5.91. The Morgan fingerprint density at radius 1 is 1.45 bits per heavy atom. The summed E-state index contributed by atoms with van der Waals surface area (Å²) < 4.78 is 5.22. The number of nitrogens with zero attached hydrogens (tertiary/aromatic N) is 1. The Labute approximate surface area is 120 Å². The summed E-state index contributed by atoms with van der Waals surface area (Å²) in [5.41, 5.74) is 9.37. The Hall–Kier alpha value is -1.55. The molecule has 1 heterocycles. The molecule has 1 unspecified atom stereocenters. The second kappa shape index (κ2) is 6.75. The van der Waals surface area contributed by atoms with Crippen LogP contribution in [0.25, 0.3) is 0 Å². The van der Waals surface area contributed by atoms with Crippen LogP contribution in [0.5, 0.6) is 0 Å². The first kappa shape index (κ1) is 14.9. The molecule has 2 N–H and O–H groups in total. The highest BCUT2D eigenvalue weighted by Crippen LogP contribution is 2.26. The number of anilines is 1. The largest absolute Gasteiger partial charge is 0.465 e. The SMILES string of the molecule is CCCC(C(=O)OCC)N1CCc2cccc(N)c2C1.